The molecule has 1 aromatic heterocycles. The molecule has 1 aliphatic heterocycles. The molecule has 1 N–H and O–H groups in total. The summed E-state index contributed by atoms with van der Waals surface area (Å²) in [5.74, 6) is 2.23. The van der Waals surface area contributed by atoms with Crippen molar-refractivity contribution in [1.29, 1.82) is 0 Å². The lowest BCUT2D eigenvalue weighted by atomic mass is 10.0. The van der Waals surface area contributed by atoms with Gasteiger partial charge in [-0.15, -0.1) is 10.2 Å². The normalized spacial score (nSPS) is 13.4. The zero-order valence-electron chi connectivity index (χ0n) is 21.1. The predicted octanol–water partition coefficient (Wildman–Crippen LogP) is 4.68. The Balaban J connectivity index is 1.23. The van der Waals surface area contributed by atoms with Crippen LogP contribution in [-0.4, -0.2) is 68.6 Å². The Morgan fingerprint density at radius 1 is 0.811 bits per heavy atom. The van der Waals surface area contributed by atoms with Gasteiger partial charge in [0.1, 0.15) is 0 Å². The Bertz CT molecular complexity index is 1370. The third kappa shape index (κ3) is 4.93. The van der Waals surface area contributed by atoms with Gasteiger partial charge in [0.25, 0.3) is 0 Å². The first-order chi connectivity index (χ1) is 18.1. The first-order valence-corrected chi connectivity index (χ1v) is 12.0. The Morgan fingerprint density at radius 3 is 2.16 bits per heavy atom. The van der Waals surface area contributed by atoms with Crippen LogP contribution in [0.2, 0.25) is 0 Å². The van der Waals surface area contributed by atoms with Crippen LogP contribution in [0.5, 0.6) is 17.2 Å². The summed E-state index contributed by atoms with van der Waals surface area (Å²) < 4.78 is 16.1. The van der Waals surface area contributed by atoms with Gasteiger partial charge in [-0.3, -0.25) is 0 Å². The van der Waals surface area contributed by atoms with Gasteiger partial charge in [0.15, 0.2) is 17.3 Å². The summed E-state index contributed by atoms with van der Waals surface area (Å²) in [6, 6.07) is 21.7. The minimum Gasteiger partial charge on any atom is -0.493 e. The van der Waals surface area contributed by atoms with E-state index in [2.05, 4.69) is 44.7 Å². The van der Waals surface area contributed by atoms with Gasteiger partial charge in [-0.2, -0.15) is 0 Å². The molecule has 190 valence electrons. The Hall–Kier alpha value is -4.53. The quantitative estimate of drug-likeness (QED) is 0.412. The lowest BCUT2D eigenvalue weighted by Gasteiger charge is -2.35. The number of carbonyl (C=O) groups excluding carboxylic acids is 1. The van der Waals surface area contributed by atoms with Crippen molar-refractivity contribution in [2.45, 2.75) is 0 Å². The number of benzene rings is 3. The Morgan fingerprint density at radius 2 is 1.51 bits per heavy atom. The third-order valence-corrected chi connectivity index (χ3v) is 6.52. The monoisotopic (exact) mass is 499 g/mol. The molecule has 0 unspecified atom stereocenters. The molecule has 3 aromatic carbocycles. The fraction of sp³-hybridized carbons (Fsp3) is 0.250. The van der Waals surface area contributed by atoms with E-state index >= 15 is 0 Å². The second-order valence-corrected chi connectivity index (χ2v) is 8.62. The van der Waals surface area contributed by atoms with Crippen molar-refractivity contribution < 1.29 is 19.0 Å². The number of nitrogens with one attached hydrogen (secondary N) is 1. The molecule has 0 spiro atoms. The minimum absolute atomic E-state index is 0.189. The van der Waals surface area contributed by atoms with Gasteiger partial charge < -0.3 is 29.3 Å². The lowest BCUT2D eigenvalue weighted by molar-refractivity contribution is 0.208. The molecule has 9 heteroatoms. The smallest absolute Gasteiger partial charge is 0.321 e. The van der Waals surface area contributed by atoms with E-state index in [9.17, 15) is 4.79 Å². The highest BCUT2D eigenvalue weighted by molar-refractivity contribution is 5.95. The number of hydrogen-bond donors (Lipinski definition) is 1. The summed E-state index contributed by atoms with van der Waals surface area (Å²) in [4.78, 5) is 16.8. The average molecular weight is 500 g/mol. The molecule has 2 amide bonds. The second kappa shape index (κ2) is 10.6. The summed E-state index contributed by atoms with van der Waals surface area (Å²) in [6.45, 7) is 2.43. The van der Waals surface area contributed by atoms with Crippen LogP contribution in [0.1, 0.15) is 0 Å². The summed E-state index contributed by atoms with van der Waals surface area (Å²) >= 11 is 0. The highest BCUT2D eigenvalue weighted by atomic mass is 16.5. The van der Waals surface area contributed by atoms with Gasteiger partial charge in [0.2, 0.25) is 5.75 Å². The molecule has 0 aliphatic carbocycles. The summed E-state index contributed by atoms with van der Waals surface area (Å²) in [5, 5.41) is 14.3. The van der Waals surface area contributed by atoms with Gasteiger partial charge in [-0.05, 0) is 22.9 Å². The van der Waals surface area contributed by atoms with Crippen LogP contribution in [0.25, 0.3) is 22.0 Å². The fourth-order valence-corrected chi connectivity index (χ4v) is 4.58. The van der Waals surface area contributed by atoms with E-state index in [1.807, 2.05) is 30.3 Å². The van der Waals surface area contributed by atoms with Crippen LogP contribution in [0.15, 0.2) is 66.7 Å². The number of anilines is 2. The average Bonchev–Trinajstić information content (AvgIpc) is 2.96. The number of carbonyl (C=O) groups is 1. The van der Waals surface area contributed by atoms with E-state index in [0.29, 0.717) is 49.1 Å². The lowest BCUT2D eigenvalue weighted by Crippen LogP contribution is -2.50. The van der Waals surface area contributed by atoms with Crippen LogP contribution in [-0.2, 0) is 0 Å². The molecule has 5 rings (SSSR count). The number of aromatic nitrogens is 2. The van der Waals surface area contributed by atoms with E-state index in [-0.39, 0.29) is 6.03 Å². The molecule has 0 bridgehead atoms. The standard InChI is InChI=1S/C28H29N5O4/c1-35-24-17-20(18-25(36-2)27(24)37-3)29-28(34)33-15-13-32(14-16-33)26-12-11-23(30-31-26)22-10-6-8-19-7-4-5-9-21(19)22/h4-12,17-18H,13-16H2,1-3H3,(H,29,34). The SMILES string of the molecule is COc1cc(NC(=O)N2CCN(c3ccc(-c4cccc5ccccc45)nn3)CC2)cc(OC)c1OC. The van der Waals surface area contributed by atoms with Crippen LogP contribution < -0.4 is 24.4 Å². The zero-order valence-corrected chi connectivity index (χ0v) is 21.1. The number of ether oxygens (including phenoxy) is 3. The van der Waals surface area contributed by atoms with Crippen LogP contribution in [0.3, 0.4) is 0 Å². The third-order valence-electron chi connectivity index (χ3n) is 6.52. The van der Waals surface area contributed by atoms with E-state index in [4.69, 9.17) is 14.2 Å². The first kappa shape index (κ1) is 24.2. The molecule has 1 fully saturated rings. The number of nitrogens with zero attached hydrogens (tertiary/aromatic N) is 4. The summed E-state index contributed by atoms with van der Waals surface area (Å²) in [5.41, 5.74) is 2.46. The molecule has 37 heavy (non-hydrogen) atoms. The van der Waals surface area contributed by atoms with Crippen molar-refractivity contribution in [3.63, 3.8) is 0 Å². The van der Waals surface area contributed by atoms with E-state index in [0.717, 1.165) is 22.5 Å². The molecular weight excluding hydrogens is 470 g/mol. The molecule has 0 saturated carbocycles. The molecule has 1 aliphatic rings. The van der Waals surface area contributed by atoms with Gasteiger partial charge in [0.05, 0.1) is 32.7 Å². The van der Waals surface area contributed by atoms with Crippen molar-refractivity contribution in [3.05, 3.63) is 66.7 Å². The van der Waals surface area contributed by atoms with E-state index in [1.54, 1.807) is 38.4 Å². The topological polar surface area (TPSA) is 89.1 Å². The van der Waals surface area contributed by atoms with Gasteiger partial charge >= 0.3 is 6.03 Å². The summed E-state index contributed by atoms with van der Waals surface area (Å²) in [6.07, 6.45) is 0. The maximum Gasteiger partial charge on any atom is 0.321 e. The number of urea groups is 1. The Labute approximate surface area is 215 Å². The van der Waals surface area contributed by atoms with Crippen LogP contribution in [0.4, 0.5) is 16.3 Å². The van der Waals surface area contributed by atoms with Gasteiger partial charge in [0, 0.05) is 43.9 Å². The van der Waals surface area contributed by atoms with Crippen molar-refractivity contribution in [3.8, 4) is 28.5 Å². The molecule has 0 atom stereocenters. The minimum atomic E-state index is -0.189. The number of hydrogen-bond acceptors (Lipinski definition) is 7. The highest BCUT2D eigenvalue weighted by Gasteiger charge is 2.23. The molecule has 0 radical (unpaired) electrons. The predicted molar refractivity (Wildman–Crippen MR) is 144 cm³/mol. The molecule has 1 saturated heterocycles. The van der Waals surface area contributed by atoms with Crippen LogP contribution >= 0.6 is 0 Å². The number of fused-ring (bicyclic) bond motifs is 1. The largest absolute Gasteiger partial charge is 0.493 e. The maximum absolute atomic E-state index is 12.9. The Kier molecular flexibility index (Phi) is 6.93. The van der Waals surface area contributed by atoms with E-state index < -0.39 is 0 Å². The van der Waals surface area contributed by atoms with E-state index in [1.165, 1.54) is 5.39 Å². The summed E-state index contributed by atoms with van der Waals surface area (Å²) in [7, 11) is 4.62. The van der Waals surface area contributed by atoms with Crippen LogP contribution in [0, 0.1) is 0 Å². The maximum atomic E-state index is 12.9. The fourth-order valence-electron chi connectivity index (χ4n) is 4.58. The molecular formula is C28H29N5O4. The zero-order chi connectivity index (χ0) is 25.8. The van der Waals surface area contributed by atoms with Crippen molar-refractivity contribution in [2.24, 2.45) is 0 Å². The number of piperazine rings is 1. The first-order valence-electron chi connectivity index (χ1n) is 12.0. The molecule has 4 aromatic rings. The van der Waals surface area contributed by atoms with Gasteiger partial charge in [-0.1, -0.05) is 42.5 Å². The van der Waals surface area contributed by atoms with Crippen molar-refractivity contribution >= 4 is 28.3 Å². The number of rotatable bonds is 6. The highest BCUT2D eigenvalue weighted by Crippen LogP contribution is 2.40. The van der Waals surface area contributed by atoms with Crippen molar-refractivity contribution in [2.75, 3.05) is 57.7 Å². The second-order valence-electron chi connectivity index (χ2n) is 8.62. The van der Waals surface area contributed by atoms with Gasteiger partial charge in [-0.25, -0.2) is 4.79 Å². The number of amides is 2. The van der Waals surface area contributed by atoms with Crippen molar-refractivity contribution in [1.82, 2.24) is 15.1 Å². The number of methoxy groups -OCH3 is 3. The molecule has 9 nitrogen and oxygen atoms in total. The molecule has 2 heterocycles.